The Hall–Kier alpha value is -2.35. The molecule has 1 heterocycles. The third kappa shape index (κ3) is 4.24. The van der Waals surface area contributed by atoms with Crippen molar-refractivity contribution in [3.8, 4) is 17.1 Å². The Morgan fingerprint density at radius 3 is 2.60 bits per heavy atom. The van der Waals surface area contributed by atoms with Gasteiger partial charge in [-0.05, 0) is 65.2 Å². The van der Waals surface area contributed by atoms with Gasteiger partial charge in [-0.2, -0.15) is 0 Å². The topological polar surface area (TPSA) is 86.0 Å². The molecule has 1 N–H and O–H groups in total. The molecule has 156 valence electrons. The fraction of sp³-hybridized carbons (Fsp3) is 0.273. The lowest BCUT2D eigenvalue weighted by Crippen LogP contribution is -2.36. The molecule has 0 aliphatic heterocycles. The van der Waals surface area contributed by atoms with Crippen LogP contribution in [0.2, 0.25) is 5.02 Å². The largest absolute Gasteiger partial charge is 0.491 e. The van der Waals surface area contributed by atoms with Gasteiger partial charge in [0.1, 0.15) is 16.8 Å². The maximum Gasteiger partial charge on any atom is 0.306 e. The van der Waals surface area contributed by atoms with Gasteiger partial charge < -0.3 is 19.0 Å². The van der Waals surface area contributed by atoms with E-state index in [1.54, 1.807) is 42.5 Å². The number of hydrogen-bond acceptors (Lipinski definition) is 5. The Morgan fingerprint density at radius 2 is 1.90 bits per heavy atom. The van der Waals surface area contributed by atoms with Gasteiger partial charge in [0.05, 0.1) is 29.0 Å². The summed E-state index contributed by atoms with van der Waals surface area (Å²) in [7, 11) is 0. The van der Waals surface area contributed by atoms with Gasteiger partial charge in [-0.25, -0.2) is 0 Å². The van der Waals surface area contributed by atoms with Crippen molar-refractivity contribution in [2.45, 2.75) is 18.9 Å². The van der Waals surface area contributed by atoms with Gasteiger partial charge in [-0.15, -0.1) is 0 Å². The van der Waals surface area contributed by atoms with Crippen molar-refractivity contribution in [1.29, 1.82) is 0 Å². The Morgan fingerprint density at radius 1 is 1.17 bits per heavy atom. The molecule has 2 aromatic carbocycles. The number of benzene rings is 2. The summed E-state index contributed by atoms with van der Waals surface area (Å²) >= 11 is 9.53. The van der Waals surface area contributed by atoms with Crippen LogP contribution in [0.25, 0.3) is 22.3 Å². The van der Waals surface area contributed by atoms with Crippen LogP contribution < -0.4 is 10.2 Å². The lowest BCUT2D eigenvalue weighted by molar-refractivity contribution is -0.151. The fourth-order valence-corrected chi connectivity index (χ4v) is 4.06. The summed E-state index contributed by atoms with van der Waals surface area (Å²) < 4.78 is 17.5. The van der Waals surface area contributed by atoms with Crippen LogP contribution in [0.3, 0.4) is 0 Å². The number of hydrogen-bond donors (Lipinski definition) is 1. The van der Waals surface area contributed by atoms with Crippen LogP contribution in [0.1, 0.15) is 12.8 Å². The SMILES string of the molecule is O=C(O)C1CC(OCCOc2ccc(-c3oc4c(Cl)cccc4c(=O)c3Br)cc2)C1. The third-order valence-electron chi connectivity index (χ3n) is 5.08. The molecular weight excluding hydrogens is 476 g/mol. The lowest BCUT2D eigenvalue weighted by atomic mass is 9.82. The molecular formula is C22H18BrClO6. The minimum Gasteiger partial charge on any atom is -0.491 e. The van der Waals surface area contributed by atoms with E-state index in [0.29, 0.717) is 63.6 Å². The maximum absolute atomic E-state index is 12.6. The highest BCUT2D eigenvalue weighted by molar-refractivity contribution is 9.10. The lowest BCUT2D eigenvalue weighted by Gasteiger charge is -2.31. The van der Waals surface area contributed by atoms with E-state index in [9.17, 15) is 9.59 Å². The zero-order chi connectivity index (χ0) is 21.3. The van der Waals surface area contributed by atoms with Crippen LogP contribution in [0.4, 0.5) is 0 Å². The number of ether oxygens (including phenoxy) is 2. The van der Waals surface area contributed by atoms with Crippen molar-refractivity contribution in [1.82, 2.24) is 0 Å². The number of fused-ring (bicyclic) bond motifs is 1. The minimum absolute atomic E-state index is 0.00273. The van der Waals surface area contributed by atoms with E-state index in [4.69, 9.17) is 30.6 Å². The third-order valence-corrected chi connectivity index (χ3v) is 6.10. The number of carboxylic acid groups (broad SMARTS) is 1. The van der Waals surface area contributed by atoms with Crippen molar-refractivity contribution < 1.29 is 23.8 Å². The van der Waals surface area contributed by atoms with E-state index in [1.165, 1.54) is 0 Å². The van der Waals surface area contributed by atoms with Gasteiger partial charge in [0.15, 0.2) is 11.3 Å². The standard InChI is InChI=1S/C22H18BrClO6/c23-18-19(25)16-2-1-3-17(24)21(16)30-20(18)12-4-6-14(7-5-12)28-8-9-29-15-10-13(11-15)22(26)27/h1-7,13,15H,8-11H2,(H,26,27). The van der Waals surface area contributed by atoms with Crippen molar-refractivity contribution in [3.63, 3.8) is 0 Å². The van der Waals surface area contributed by atoms with E-state index in [2.05, 4.69) is 15.9 Å². The minimum atomic E-state index is -0.762. The van der Waals surface area contributed by atoms with E-state index in [0.717, 1.165) is 0 Å². The van der Waals surface area contributed by atoms with Gasteiger partial charge in [-0.3, -0.25) is 9.59 Å². The van der Waals surface area contributed by atoms with Crippen LogP contribution in [-0.2, 0) is 9.53 Å². The van der Waals surface area contributed by atoms with E-state index in [-0.39, 0.29) is 17.5 Å². The quantitative estimate of drug-likeness (QED) is 0.459. The molecule has 1 aromatic heterocycles. The number of rotatable bonds is 7. The summed E-state index contributed by atoms with van der Waals surface area (Å²) in [5.41, 5.74) is 0.868. The van der Waals surface area contributed by atoms with E-state index in [1.807, 2.05) is 0 Å². The zero-order valence-corrected chi connectivity index (χ0v) is 18.1. The van der Waals surface area contributed by atoms with Gasteiger partial charge in [-0.1, -0.05) is 17.7 Å². The Labute approximate surface area is 185 Å². The van der Waals surface area contributed by atoms with Crippen LogP contribution >= 0.6 is 27.5 Å². The predicted molar refractivity (Wildman–Crippen MR) is 116 cm³/mol. The van der Waals surface area contributed by atoms with Gasteiger partial charge >= 0.3 is 5.97 Å². The maximum atomic E-state index is 12.6. The monoisotopic (exact) mass is 492 g/mol. The van der Waals surface area contributed by atoms with Crippen LogP contribution in [0, 0.1) is 5.92 Å². The van der Waals surface area contributed by atoms with Gasteiger partial charge in [0, 0.05) is 5.56 Å². The first-order valence-corrected chi connectivity index (χ1v) is 10.6. The summed E-state index contributed by atoms with van der Waals surface area (Å²) in [6, 6.07) is 12.2. The average Bonchev–Trinajstić information content (AvgIpc) is 2.70. The van der Waals surface area contributed by atoms with E-state index < -0.39 is 5.97 Å². The summed E-state index contributed by atoms with van der Waals surface area (Å²) in [6.07, 6.45) is 1.11. The molecule has 0 atom stereocenters. The second-order valence-corrected chi connectivity index (χ2v) is 8.26. The Balaban J connectivity index is 1.39. The molecule has 0 amide bonds. The molecule has 1 aliphatic carbocycles. The molecule has 0 spiro atoms. The summed E-state index contributed by atoms with van der Waals surface area (Å²) in [5.74, 6) is 0.000265. The highest BCUT2D eigenvalue weighted by Gasteiger charge is 2.34. The van der Waals surface area contributed by atoms with Crippen molar-refractivity contribution in [2.75, 3.05) is 13.2 Å². The normalized spacial score (nSPS) is 18.2. The molecule has 1 fully saturated rings. The molecule has 3 aromatic rings. The fourth-order valence-electron chi connectivity index (χ4n) is 3.33. The van der Waals surface area contributed by atoms with E-state index >= 15 is 0 Å². The Kier molecular flexibility index (Phi) is 6.13. The smallest absolute Gasteiger partial charge is 0.306 e. The van der Waals surface area contributed by atoms with Crippen LogP contribution in [-0.4, -0.2) is 30.4 Å². The predicted octanol–water partition coefficient (Wildman–Crippen LogP) is 5.13. The number of halogens is 2. The molecule has 0 bridgehead atoms. The molecule has 0 saturated heterocycles. The first-order chi connectivity index (χ1) is 14.4. The second kappa shape index (κ2) is 8.79. The highest BCUT2D eigenvalue weighted by Crippen LogP contribution is 2.33. The number of carboxylic acids is 1. The Bertz CT molecular complexity index is 1130. The molecule has 0 unspecified atom stereocenters. The number of aliphatic carboxylic acids is 1. The summed E-state index contributed by atoms with van der Waals surface area (Å²) in [4.78, 5) is 23.4. The van der Waals surface area contributed by atoms with Crippen molar-refractivity contribution >= 4 is 44.5 Å². The molecule has 6 nitrogen and oxygen atoms in total. The zero-order valence-electron chi connectivity index (χ0n) is 15.8. The molecule has 0 radical (unpaired) electrons. The second-order valence-electron chi connectivity index (χ2n) is 7.06. The van der Waals surface area contributed by atoms with Gasteiger partial charge in [0.25, 0.3) is 0 Å². The molecule has 30 heavy (non-hydrogen) atoms. The molecule has 1 aliphatic rings. The summed E-state index contributed by atoms with van der Waals surface area (Å²) in [6.45, 7) is 0.750. The number of carbonyl (C=O) groups is 1. The molecule has 4 rings (SSSR count). The first-order valence-electron chi connectivity index (χ1n) is 9.42. The summed E-state index contributed by atoms with van der Waals surface area (Å²) in [5, 5.41) is 9.65. The number of para-hydroxylation sites is 1. The highest BCUT2D eigenvalue weighted by atomic mass is 79.9. The molecule has 1 saturated carbocycles. The van der Waals surface area contributed by atoms with Crippen LogP contribution in [0.5, 0.6) is 5.75 Å². The molecule has 8 heteroatoms. The van der Waals surface area contributed by atoms with Crippen molar-refractivity contribution in [3.05, 3.63) is 62.2 Å². The van der Waals surface area contributed by atoms with Crippen molar-refractivity contribution in [2.24, 2.45) is 5.92 Å². The average molecular weight is 494 g/mol. The van der Waals surface area contributed by atoms with Crippen LogP contribution in [0.15, 0.2) is 56.1 Å². The van der Waals surface area contributed by atoms with Gasteiger partial charge in [0.2, 0.25) is 5.43 Å². The first kappa shape index (κ1) is 20.9.